The standard InChI is InChI=1S/C25H33FN2O6/c1-14(2)23(19-9-8-18(31-6)12-20(19)26)16(4)33-25(30)15(3)28-13-21-24(34-17(5)29)22(32-7)10-11-27-21/h8-12,14-16,23,28H,13H2,1-7H3/t15-,16-,23+/m0/s1. The van der Waals surface area contributed by atoms with Crippen molar-refractivity contribution in [1.82, 2.24) is 10.3 Å². The van der Waals surface area contributed by atoms with Gasteiger partial charge in [-0.25, -0.2) is 4.39 Å². The van der Waals surface area contributed by atoms with E-state index in [9.17, 15) is 14.0 Å². The van der Waals surface area contributed by atoms with Crippen molar-refractivity contribution < 1.29 is 32.9 Å². The highest BCUT2D eigenvalue weighted by atomic mass is 19.1. The quantitative estimate of drug-likeness (QED) is 0.486. The Balaban J connectivity index is 2.09. The number of ether oxygens (including phenoxy) is 4. The fourth-order valence-corrected chi connectivity index (χ4v) is 3.76. The summed E-state index contributed by atoms with van der Waals surface area (Å²) in [6.07, 6.45) is 0.941. The predicted molar refractivity (Wildman–Crippen MR) is 124 cm³/mol. The highest BCUT2D eigenvalue weighted by Crippen LogP contribution is 2.33. The van der Waals surface area contributed by atoms with Gasteiger partial charge in [-0.1, -0.05) is 19.9 Å². The SMILES string of the molecule is COc1ccc([C@H](C(C)C)[C@H](C)OC(=O)[C@H](C)NCc2nccc(OC)c2OC(C)=O)c(F)c1. The van der Waals surface area contributed by atoms with Crippen LogP contribution in [0.4, 0.5) is 4.39 Å². The summed E-state index contributed by atoms with van der Waals surface area (Å²) in [5, 5.41) is 3.03. The number of rotatable bonds is 11. The van der Waals surface area contributed by atoms with E-state index in [1.807, 2.05) is 13.8 Å². The molecule has 0 saturated heterocycles. The minimum absolute atomic E-state index is 0.0150. The Labute approximate surface area is 199 Å². The van der Waals surface area contributed by atoms with Gasteiger partial charge in [-0.15, -0.1) is 0 Å². The molecule has 34 heavy (non-hydrogen) atoms. The molecule has 0 fully saturated rings. The fourth-order valence-electron chi connectivity index (χ4n) is 3.76. The first-order valence-electron chi connectivity index (χ1n) is 11.1. The molecule has 0 bridgehead atoms. The topological polar surface area (TPSA) is 96.0 Å². The summed E-state index contributed by atoms with van der Waals surface area (Å²) in [4.78, 5) is 28.5. The monoisotopic (exact) mass is 476 g/mol. The first-order valence-corrected chi connectivity index (χ1v) is 11.1. The maximum atomic E-state index is 14.7. The van der Waals surface area contributed by atoms with Crippen molar-refractivity contribution >= 4 is 11.9 Å². The van der Waals surface area contributed by atoms with Gasteiger partial charge in [0.25, 0.3) is 0 Å². The molecule has 8 nitrogen and oxygen atoms in total. The molecule has 3 atom stereocenters. The maximum absolute atomic E-state index is 14.7. The molecule has 1 heterocycles. The van der Waals surface area contributed by atoms with Gasteiger partial charge in [-0.3, -0.25) is 19.9 Å². The first kappa shape index (κ1) is 27.0. The number of halogens is 1. The summed E-state index contributed by atoms with van der Waals surface area (Å²) in [7, 11) is 2.93. The van der Waals surface area contributed by atoms with Crippen molar-refractivity contribution in [3.8, 4) is 17.2 Å². The molecule has 186 valence electrons. The van der Waals surface area contributed by atoms with E-state index in [1.165, 1.54) is 33.4 Å². The number of carbonyl (C=O) groups is 2. The normalized spacial score (nSPS) is 13.7. The van der Waals surface area contributed by atoms with E-state index < -0.39 is 29.9 Å². The van der Waals surface area contributed by atoms with Gasteiger partial charge in [0.05, 0.1) is 14.2 Å². The van der Waals surface area contributed by atoms with Gasteiger partial charge in [0.1, 0.15) is 29.4 Å². The summed E-state index contributed by atoms with van der Waals surface area (Å²) < 4.78 is 36.0. The predicted octanol–water partition coefficient (Wildman–Crippen LogP) is 4.01. The number of benzene rings is 1. The second kappa shape index (κ2) is 12.3. The molecule has 9 heteroatoms. The number of aromatic nitrogens is 1. The minimum atomic E-state index is -0.700. The Morgan fingerprint density at radius 2 is 1.79 bits per heavy atom. The maximum Gasteiger partial charge on any atom is 0.323 e. The summed E-state index contributed by atoms with van der Waals surface area (Å²) in [6, 6.07) is 5.55. The molecule has 0 saturated carbocycles. The molecule has 2 rings (SSSR count). The Morgan fingerprint density at radius 3 is 2.35 bits per heavy atom. The molecule has 0 unspecified atom stereocenters. The van der Waals surface area contributed by atoms with Crippen LogP contribution < -0.4 is 19.5 Å². The van der Waals surface area contributed by atoms with Crippen LogP contribution in [0.3, 0.4) is 0 Å². The molecule has 0 spiro atoms. The lowest BCUT2D eigenvalue weighted by Crippen LogP contribution is -2.38. The Hall–Kier alpha value is -3.20. The molecule has 1 N–H and O–H groups in total. The molecular weight excluding hydrogens is 443 g/mol. The van der Waals surface area contributed by atoms with Crippen LogP contribution in [0.5, 0.6) is 17.2 Å². The van der Waals surface area contributed by atoms with Gasteiger partial charge in [-0.05, 0) is 31.4 Å². The zero-order chi connectivity index (χ0) is 25.4. The van der Waals surface area contributed by atoms with Gasteiger partial charge in [-0.2, -0.15) is 0 Å². The third-order valence-corrected chi connectivity index (χ3v) is 5.43. The molecule has 1 aromatic heterocycles. The number of esters is 2. The van der Waals surface area contributed by atoms with Crippen LogP contribution in [0.15, 0.2) is 30.5 Å². The van der Waals surface area contributed by atoms with E-state index in [0.29, 0.717) is 22.8 Å². The van der Waals surface area contributed by atoms with Crippen LogP contribution in [0.2, 0.25) is 0 Å². The van der Waals surface area contributed by atoms with Crippen molar-refractivity contribution in [3.05, 3.63) is 47.5 Å². The lowest BCUT2D eigenvalue weighted by Gasteiger charge is -2.29. The molecule has 1 aromatic carbocycles. The molecule has 0 amide bonds. The highest BCUT2D eigenvalue weighted by Gasteiger charge is 2.30. The Bertz CT molecular complexity index is 997. The second-order valence-corrected chi connectivity index (χ2v) is 8.28. The Kier molecular flexibility index (Phi) is 9.80. The molecular formula is C25H33FN2O6. The van der Waals surface area contributed by atoms with Crippen molar-refractivity contribution in [2.75, 3.05) is 14.2 Å². The van der Waals surface area contributed by atoms with E-state index in [4.69, 9.17) is 18.9 Å². The van der Waals surface area contributed by atoms with Gasteiger partial charge in [0.2, 0.25) is 0 Å². The molecule has 2 aromatic rings. The number of nitrogens with one attached hydrogen (secondary N) is 1. The average molecular weight is 477 g/mol. The number of methoxy groups -OCH3 is 2. The van der Waals surface area contributed by atoms with E-state index in [2.05, 4.69) is 10.3 Å². The van der Waals surface area contributed by atoms with E-state index >= 15 is 0 Å². The summed E-state index contributed by atoms with van der Waals surface area (Å²) in [6.45, 7) is 8.71. The smallest absolute Gasteiger partial charge is 0.323 e. The largest absolute Gasteiger partial charge is 0.497 e. The van der Waals surface area contributed by atoms with Crippen LogP contribution in [-0.4, -0.2) is 43.3 Å². The van der Waals surface area contributed by atoms with Gasteiger partial charge in [0.15, 0.2) is 11.5 Å². The zero-order valence-corrected chi connectivity index (χ0v) is 20.7. The fraction of sp³-hybridized carbons (Fsp3) is 0.480. The third-order valence-electron chi connectivity index (χ3n) is 5.43. The number of pyridine rings is 1. The average Bonchev–Trinajstić information content (AvgIpc) is 2.78. The molecule has 0 aliphatic heterocycles. The molecule has 0 aliphatic rings. The molecule has 0 aliphatic carbocycles. The zero-order valence-electron chi connectivity index (χ0n) is 20.7. The number of carbonyl (C=O) groups excluding carboxylic acids is 2. The lowest BCUT2D eigenvalue weighted by molar-refractivity contribution is -0.152. The van der Waals surface area contributed by atoms with Crippen molar-refractivity contribution in [2.24, 2.45) is 5.92 Å². The van der Waals surface area contributed by atoms with Gasteiger partial charge < -0.3 is 18.9 Å². The summed E-state index contributed by atoms with van der Waals surface area (Å²) >= 11 is 0. The summed E-state index contributed by atoms with van der Waals surface area (Å²) in [5.74, 6) is -0.789. The van der Waals surface area contributed by atoms with Crippen molar-refractivity contribution in [2.45, 2.75) is 59.2 Å². The lowest BCUT2D eigenvalue weighted by atomic mass is 9.84. The van der Waals surface area contributed by atoms with Crippen LogP contribution in [0, 0.1) is 11.7 Å². The van der Waals surface area contributed by atoms with Crippen LogP contribution in [0.1, 0.15) is 51.8 Å². The number of nitrogens with zero attached hydrogens (tertiary/aromatic N) is 1. The van der Waals surface area contributed by atoms with Crippen LogP contribution >= 0.6 is 0 Å². The first-order chi connectivity index (χ1) is 16.1. The Morgan fingerprint density at radius 1 is 1.09 bits per heavy atom. The molecule has 0 radical (unpaired) electrons. The van der Waals surface area contributed by atoms with Gasteiger partial charge >= 0.3 is 11.9 Å². The number of hydrogen-bond acceptors (Lipinski definition) is 8. The van der Waals surface area contributed by atoms with Gasteiger partial charge in [0, 0.05) is 37.7 Å². The minimum Gasteiger partial charge on any atom is -0.497 e. The van der Waals surface area contributed by atoms with Crippen LogP contribution in [0.25, 0.3) is 0 Å². The second-order valence-electron chi connectivity index (χ2n) is 8.28. The van der Waals surface area contributed by atoms with E-state index in [0.717, 1.165) is 0 Å². The third kappa shape index (κ3) is 6.90. The van der Waals surface area contributed by atoms with E-state index in [-0.39, 0.29) is 24.1 Å². The summed E-state index contributed by atoms with van der Waals surface area (Å²) in [5.41, 5.74) is 0.867. The number of hydrogen-bond donors (Lipinski definition) is 1. The van der Waals surface area contributed by atoms with Crippen molar-refractivity contribution in [1.29, 1.82) is 0 Å². The van der Waals surface area contributed by atoms with E-state index in [1.54, 1.807) is 32.0 Å². The van der Waals surface area contributed by atoms with Crippen LogP contribution in [-0.2, 0) is 20.9 Å². The van der Waals surface area contributed by atoms with Crippen molar-refractivity contribution in [3.63, 3.8) is 0 Å². The highest BCUT2D eigenvalue weighted by molar-refractivity contribution is 5.75.